The standard InChI is InChI=1S/C20H21NO3/c1-4-6-11-15(22)16-12(3)21(5-2)18-17(16)19(23)13-9-7-8-10-14(13)20(18)24/h7-10H,4-6,11H2,1-3H3. The van der Waals surface area contributed by atoms with Gasteiger partial charge in [-0.3, -0.25) is 14.4 Å². The van der Waals surface area contributed by atoms with Gasteiger partial charge in [0.1, 0.15) is 5.69 Å². The van der Waals surface area contributed by atoms with Crippen LogP contribution < -0.4 is 0 Å². The molecule has 0 N–H and O–H groups in total. The predicted molar refractivity (Wildman–Crippen MR) is 92.0 cm³/mol. The number of benzene rings is 1. The second-order valence-corrected chi connectivity index (χ2v) is 6.16. The summed E-state index contributed by atoms with van der Waals surface area (Å²) < 4.78 is 1.81. The number of rotatable bonds is 5. The molecule has 1 aromatic carbocycles. The van der Waals surface area contributed by atoms with E-state index in [0.29, 0.717) is 40.9 Å². The summed E-state index contributed by atoms with van der Waals surface area (Å²) >= 11 is 0. The van der Waals surface area contributed by atoms with Crippen LogP contribution in [-0.2, 0) is 6.54 Å². The second-order valence-electron chi connectivity index (χ2n) is 6.16. The molecule has 0 saturated carbocycles. The van der Waals surface area contributed by atoms with Crippen LogP contribution in [0.1, 0.15) is 81.1 Å². The summed E-state index contributed by atoms with van der Waals surface area (Å²) in [5.41, 5.74) is 2.66. The summed E-state index contributed by atoms with van der Waals surface area (Å²) in [6.07, 6.45) is 2.10. The minimum Gasteiger partial charge on any atom is -0.341 e. The van der Waals surface area contributed by atoms with E-state index in [1.54, 1.807) is 24.3 Å². The zero-order valence-corrected chi connectivity index (χ0v) is 14.3. The third-order valence-electron chi connectivity index (χ3n) is 4.73. The Bertz CT molecular complexity index is 858. The molecule has 0 spiro atoms. The molecule has 0 fully saturated rings. The van der Waals surface area contributed by atoms with E-state index in [9.17, 15) is 14.4 Å². The summed E-state index contributed by atoms with van der Waals surface area (Å²) in [5.74, 6) is -0.423. The predicted octanol–water partition coefficient (Wildman–Crippen LogP) is 3.96. The topological polar surface area (TPSA) is 56.1 Å². The van der Waals surface area contributed by atoms with Gasteiger partial charge >= 0.3 is 0 Å². The Labute approximate surface area is 141 Å². The number of hydrogen-bond acceptors (Lipinski definition) is 3. The smallest absolute Gasteiger partial charge is 0.210 e. The summed E-state index contributed by atoms with van der Waals surface area (Å²) in [7, 11) is 0. The highest BCUT2D eigenvalue weighted by molar-refractivity contribution is 6.31. The molecule has 3 rings (SSSR count). The van der Waals surface area contributed by atoms with Gasteiger partial charge in [-0.25, -0.2) is 0 Å². The van der Waals surface area contributed by atoms with Gasteiger partial charge in [0.25, 0.3) is 0 Å². The van der Waals surface area contributed by atoms with Gasteiger partial charge in [0.2, 0.25) is 5.78 Å². The van der Waals surface area contributed by atoms with Crippen molar-refractivity contribution in [1.82, 2.24) is 4.57 Å². The number of carbonyl (C=O) groups excluding carboxylic acids is 3. The number of unbranched alkanes of at least 4 members (excludes halogenated alkanes) is 1. The fourth-order valence-electron chi connectivity index (χ4n) is 3.53. The van der Waals surface area contributed by atoms with E-state index in [0.717, 1.165) is 18.5 Å². The van der Waals surface area contributed by atoms with Crippen LogP contribution in [0.2, 0.25) is 0 Å². The number of fused-ring (bicyclic) bond motifs is 2. The highest BCUT2D eigenvalue weighted by atomic mass is 16.1. The minimum absolute atomic E-state index is 0.0432. The molecule has 124 valence electrons. The molecule has 0 saturated heterocycles. The van der Waals surface area contributed by atoms with Crippen molar-refractivity contribution in [1.29, 1.82) is 0 Å². The van der Waals surface area contributed by atoms with Gasteiger partial charge in [0.05, 0.1) is 11.1 Å². The molecule has 4 nitrogen and oxygen atoms in total. The average Bonchev–Trinajstić information content (AvgIpc) is 2.90. The van der Waals surface area contributed by atoms with E-state index in [-0.39, 0.29) is 17.3 Å². The maximum atomic E-state index is 13.0. The van der Waals surface area contributed by atoms with E-state index in [1.165, 1.54) is 0 Å². The van der Waals surface area contributed by atoms with Crippen molar-refractivity contribution in [3.63, 3.8) is 0 Å². The average molecular weight is 323 g/mol. The van der Waals surface area contributed by atoms with Crippen LogP contribution in [0, 0.1) is 6.92 Å². The molecule has 4 heteroatoms. The van der Waals surface area contributed by atoms with Crippen LogP contribution in [0.3, 0.4) is 0 Å². The molecule has 0 radical (unpaired) electrons. The highest BCUT2D eigenvalue weighted by Gasteiger charge is 2.37. The van der Waals surface area contributed by atoms with E-state index in [1.807, 2.05) is 25.3 Å². The molecule has 0 aliphatic heterocycles. The van der Waals surface area contributed by atoms with Gasteiger partial charge in [-0.2, -0.15) is 0 Å². The van der Waals surface area contributed by atoms with Crippen LogP contribution in [0.25, 0.3) is 0 Å². The van der Waals surface area contributed by atoms with Crippen LogP contribution >= 0.6 is 0 Å². The Kier molecular flexibility index (Phi) is 4.22. The lowest BCUT2D eigenvalue weighted by Gasteiger charge is -2.17. The zero-order valence-electron chi connectivity index (χ0n) is 14.3. The number of nitrogens with zero attached hydrogens (tertiary/aromatic N) is 1. The van der Waals surface area contributed by atoms with Crippen molar-refractivity contribution in [2.24, 2.45) is 0 Å². The van der Waals surface area contributed by atoms with Crippen molar-refractivity contribution in [2.45, 2.75) is 46.6 Å². The summed E-state index contributed by atoms with van der Waals surface area (Å²) in [6, 6.07) is 6.85. The van der Waals surface area contributed by atoms with Crippen molar-refractivity contribution >= 4 is 17.3 Å². The van der Waals surface area contributed by atoms with E-state index in [2.05, 4.69) is 0 Å². The Morgan fingerprint density at radius 3 is 2.25 bits per heavy atom. The van der Waals surface area contributed by atoms with E-state index in [4.69, 9.17) is 0 Å². The maximum Gasteiger partial charge on any atom is 0.210 e. The molecule has 0 amide bonds. The lowest BCUT2D eigenvalue weighted by Crippen LogP contribution is -2.23. The number of Topliss-reactive ketones (excluding diaryl/α,β-unsaturated/α-hetero) is 1. The lowest BCUT2D eigenvalue weighted by atomic mass is 9.85. The summed E-state index contributed by atoms with van der Waals surface area (Å²) in [6.45, 7) is 6.33. The lowest BCUT2D eigenvalue weighted by molar-refractivity contribution is 0.0956. The first kappa shape index (κ1) is 16.4. The van der Waals surface area contributed by atoms with Crippen LogP contribution in [0.5, 0.6) is 0 Å². The summed E-state index contributed by atoms with van der Waals surface area (Å²) in [5, 5.41) is 0. The van der Waals surface area contributed by atoms with Gasteiger partial charge in [-0.1, -0.05) is 37.6 Å². The Hall–Kier alpha value is -2.49. The molecule has 2 aromatic rings. The molecule has 1 aliphatic carbocycles. The first-order valence-corrected chi connectivity index (χ1v) is 8.47. The molecule has 0 atom stereocenters. The number of carbonyl (C=O) groups is 3. The largest absolute Gasteiger partial charge is 0.341 e. The van der Waals surface area contributed by atoms with Crippen molar-refractivity contribution < 1.29 is 14.4 Å². The van der Waals surface area contributed by atoms with Crippen LogP contribution in [0.15, 0.2) is 24.3 Å². The number of aromatic nitrogens is 1. The SMILES string of the molecule is CCCCC(=O)c1c2c(n(CC)c1C)C(=O)c1ccccc1C2=O. The Morgan fingerprint density at radius 1 is 1.04 bits per heavy atom. The second kappa shape index (κ2) is 6.19. The van der Waals surface area contributed by atoms with Gasteiger partial charge in [-0.05, 0) is 20.3 Å². The first-order chi connectivity index (χ1) is 11.5. The van der Waals surface area contributed by atoms with Crippen molar-refractivity contribution in [2.75, 3.05) is 0 Å². The van der Waals surface area contributed by atoms with Gasteiger partial charge in [0, 0.05) is 29.8 Å². The van der Waals surface area contributed by atoms with E-state index < -0.39 is 0 Å². The van der Waals surface area contributed by atoms with Gasteiger partial charge < -0.3 is 4.57 Å². The molecular formula is C20H21NO3. The quantitative estimate of drug-likeness (QED) is 0.668. The molecule has 1 aliphatic rings. The monoisotopic (exact) mass is 323 g/mol. The zero-order chi connectivity index (χ0) is 17.4. The third-order valence-corrected chi connectivity index (χ3v) is 4.73. The molecule has 0 unspecified atom stereocenters. The Balaban J connectivity index is 2.26. The van der Waals surface area contributed by atoms with Crippen molar-refractivity contribution in [3.8, 4) is 0 Å². The minimum atomic E-state index is -0.213. The first-order valence-electron chi connectivity index (χ1n) is 8.47. The number of ketones is 3. The van der Waals surface area contributed by atoms with E-state index >= 15 is 0 Å². The molecule has 1 heterocycles. The van der Waals surface area contributed by atoms with Crippen molar-refractivity contribution in [3.05, 3.63) is 57.9 Å². The molecule has 0 bridgehead atoms. The van der Waals surface area contributed by atoms with Crippen LogP contribution in [-0.4, -0.2) is 21.9 Å². The summed E-state index contributed by atoms with van der Waals surface area (Å²) in [4.78, 5) is 38.7. The van der Waals surface area contributed by atoms with Gasteiger partial charge in [-0.15, -0.1) is 0 Å². The van der Waals surface area contributed by atoms with Crippen LogP contribution in [0.4, 0.5) is 0 Å². The Morgan fingerprint density at radius 2 is 1.67 bits per heavy atom. The molecular weight excluding hydrogens is 302 g/mol. The maximum absolute atomic E-state index is 13.0. The normalized spacial score (nSPS) is 13.0. The fraction of sp³-hybridized carbons (Fsp3) is 0.350. The van der Waals surface area contributed by atoms with Gasteiger partial charge in [0.15, 0.2) is 11.6 Å². The molecule has 24 heavy (non-hydrogen) atoms. The molecule has 1 aromatic heterocycles. The number of hydrogen-bond donors (Lipinski definition) is 0. The third kappa shape index (κ3) is 2.25. The highest BCUT2D eigenvalue weighted by Crippen LogP contribution is 2.34. The fourth-order valence-corrected chi connectivity index (χ4v) is 3.53.